The van der Waals surface area contributed by atoms with Gasteiger partial charge in [0.15, 0.2) is 0 Å². The van der Waals surface area contributed by atoms with Gasteiger partial charge in [0, 0.05) is 24.5 Å². The fourth-order valence-corrected chi connectivity index (χ4v) is 3.21. The van der Waals surface area contributed by atoms with Gasteiger partial charge in [0.25, 0.3) is 0 Å². The van der Waals surface area contributed by atoms with Crippen LogP contribution in [0.15, 0.2) is 78.0 Å². The Balaban J connectivity index is 1.63. The van der Waals surface area contributed by atoms with Gasteiger partial charge in [-0.2, -0.15) is 0 Å². The largest absolute Gasteiger partial charge is 0.496 e. The van der Waals surface area contributed by atoms with Crippen LogP contribution in [0.2, 0.25) is 0 Å². The minimum absolute atomic E-state index is 0.811. The summed E-state index contributed by atoms with van der Waals surface area (Å²) in [6.45, 7) is 0. The molecule has 0 N–H and O–H groups in total. The number of imidazole rings is 1. The number of aliphatic imine (C=N–C) groups is 1. The minimum atomic E-state index is 0.811. The molecule has 1 aromatic heterocycles. The molecular weight excluding hydrogens is 346 g/mol. The van der Waals surface area contributed by atoms with Crippen LogP contribution in [0.5, 0.6) is 5.75 Å². The Hall–Kier alpha value is -3.66. The third-order valence-corrected chi connectivity index (χ3v) is 4.60. The summed E-state index contributed by atoms with van der Waals surface area (Å²) in [7, 11) is 3.43. The van der Waals surface area contributed by atoms with Crippen LogP contribution in [0.3, 0.4) is 0 Å². The van der Waals surface area contributed by atoms with E-state index in [1.165, 1.54) is 0 Å². The van der Waals surface area contributed by atoms with Crippen molar-refractivity contribution >= 4 is 29.4 Å². The fraction of sp³-hybridized carbons (Fsp3) is 0.0833. The van der Waals surface area contributed by atoms with Gasteiger partial charge in [-0.25, -0.2) is 4.98 Å². The highest BCUT2D eigenvalue weighted by atomic mass is 16.5. The molecule has 4 rings (SSSR count). The molecule has 0 fully saturated rings. The van der Waals surface area contributed by atoms with Crippen LogP contribution in [0, 0.1) is 0 Å². The number of methoxy groups -OCH3 is 1. The second-order valence-corrected chi connectivity index (χ2v) is 6.42. The maximum Gasteiger partial charge on any atom is 0.128 e. The molecule has 0 aliphatic rings. The summed E-state index contributed by atoms with van der Waals surface area (Å²) < 4.78 is 7.57. The lowest BCUT2D eigenvalue weighted by atomic mass is 10.1. The summed E-state index contributed by atoms with van der Waals surface area (Å²) in [5, 5.41) is 0. The number of nitrogens with zero attached hydrogens (tertiary/aromatic N) is 3. The van der Waals surface area contributed by atoms with Crippen molar-refractivity contribution < 1.29 is 4.74 Å². The number of hydrogen-bond acceptors (Lipinski definition) is 3. The summed E-state index contributed by atoms with van der Waals surface area (Å²) in [4.78, 5) is 8.54. The minimum Gasteiger partial charge on any atom is -0.496 e. The molecule has 0 aliphatic carbocycles. The predicted molar refractivity (Wildman–Crippen MR) is 117 cm³/mol. The third-order valence-electron chi connectivity index (χ3n) is 4.60. The van der Waals surface area contributed by atoms with Gasteiger partial charge in [-0.3, -0.25) is 9.56 Å². The maximum atomic E-state index is 5.46. The second-order valence-electron chi connectivity index (χ2n) is 6.42. The van der Waals surface area contributed by atoms with Crippen molar-refractivity contribution in [2.24, 2.45) is 4.99 Å². The van der Waals surface area contributed by atoms with Crippen LogP contribution in [0.1, 0.15) is 16.7 Å². The Bertz CT molecular complexity index is 1170. The van der Waals surface area contributed by atoms with Crippen molar-refractivity contribution in [2.45, 2.75) is 0 Å². The number of rotatable bonds is 5. The molecule has 4 heteroatoms. The first-order valence-corrected chi connectivity index (χ1v) is 9.09. The molecule has 28 heavy (non-hydrogen) atoms. The first kappa shape index (κ1) is 17.7. The number of para-hydroxylation sites is 2. The predicted octanol–water partition coefficient (Wildman–Crippen LogP) is 5.25. The van der Waals surface area contributed by atoms with Crippen LogP contribution in [0.25, 0.3) is 28.9 Å². The molecule has 0 bridgehead atoms. The highest BCUT2D eigenvalue weighted by Gasteiger charge is 2.04. The number of benzene rings is 3. The lowest BCUT2D eigenvalue weighted by Gasteiger charge is -2.06. The average Bonchev–Trinajstić information content (AvgIpc) is 3.17. The Kier molecular flexibility index (Phi) is 5.02. The summed E-state index contributed by atoms with van der Waals surface area (Å²) in [5.74, 6) is 0.811. The number of aromatic nitrogens is 2. The summed E-state index contributed by atoms with van der Waals surface area (Å²) >= 11 is 0. The Labute approximate surface area is 164 Å². The van der Waals surface area contributed by atoms with E-state index in [0.29, 0.717) is 0 Å². The highest BCUT2D eigenvalue weighted by molar-refractivity contribution is 5.85. The van der Waals surface area contributed by atoms with Crippen LogP contribution < -0.4 is 4.74 Å². The molecule has 0 saturated carbocycles. The molecule has 0 saturated heterocycles. The van der Waals surface area contributed by atoms with Crippen molar-refractivity contribution in [1.29, 1.82) is 0 Å². The standard InChI is InChI=1S/C24H21N3O/c1-25-16-20-13-12-19(15-24(20)28-2)11-10-18-6-5-7-21(14-18)27-17-26-22-8-3-4-9-23(22)27/h3-17H,1-2H3/b11-10+,25-16-. The van der Waals surface area contributed by atoms with E-state index in [1.807, 2.05) is 36.7 Å². The lowest BCUT2D eigenvalue weighted by Crippen LogP contribution is -1.92. The van der Waals surface area contributed by atoms with Crippen LogP contribution in [-0.4, -0.2) is 29.9 Å². The van der Waals surface area contributed by atoms with Gasteiger partial charge in [0.05, 0.1) is 18.1 Å². The molecule has 138 valence electrons. The van der Waals surface area contributed by atoms with Crippen molar-refractivity contribution in [3.05, 3.63) is 89.7 Å². The topological polar surface area (TPSA) is 39.4 Å². The normalized spacial score (nSPS) is 11.6. The van der Waals surface area contributed by atoms with E-state index in [1.54, 1.807) is 20.4 Å². The van der Waals surface area contributed by atoms with E-state index in [4.69, 9.17) is 4.74 Å². The smallest absolute Gasteiger partial charge is 0.128 e. The fourth-order valence-electron chi connectivity index (χ4n) is 3.21. The van der Waals surface area contributed by atoms with Gasteiger partial charge in [-0.1, -0.05) is 42.5 Å². The summed E-state index contributed by atoms with van der Waals surface area (Å²) in [6.07, 6.45) is 7.85. The molecule has 1 heterocycles. The molecule has 4 aromatic rings. The molecule has 4 nitrogen and oxygen atoms in total. The average molecular weight is 367 g/mol. The Morgan fingerprint density at radius 2 is 1.75 bits per heavy atom. The zero-order valence-electron chi connectivity index (χ0n) is 15.9. The number of hydrogen-bond donors (Lipinski definition) is 0. The van der Waals surface area contributed by atoms with Crippen molar-refractivity contribution in [1.82, 2.24) is 9.55 Å². The summed E-state index contributed by atoms with van der Waals surface area (Å²) in [5.41, 5.74) is 6.34. The highest BCUT2D eigenvalue weighted by Crippen LogP contribution is 2.22. The van der Waals surface area contributed by atoms with E-state index in [9.17, 15) is 0 Å². The molecule has 0 spiro atoms. The summed E-state index contributed by atoms with van der Waals surface area (Å²) in [6, 6.07) is 22.6. The lowest BCUT2D eigenvalue weighted by molar-refractivity contribution is 0.414. The Morgan fingerprint density at radius 1 is 0.929 bits per heavy atom. The van der Waals surface area contributed by atoms with Gasteiger partial charge < -0.3 is 4.74 Å². The van der Waals surface area contributed by atoms with Gasteiger partial charge in [-0.05, 0) is 47.5 Å². The van der Waals surface area contributed by atoms with E-state index in [0.717, 1.165) is 39.2 Å². The van der Waals surface area contributed by atoms with Crippen LogP contribution >= 0.6 is 0 Å². The number of ether oxygens (including phenoxy) is 1. The van der Waals surface area contributed by atoms with E-state index in [2.05, 4.69) is 63.1 Å². The molecule has 0 unspecified atom stereocenters. The van der Waals surface area contributed by atoms with E-state index in [-0.39, 0.29) is 0 Å². The van der Waals surface area contributed by atoms with Gasteiger partial charge in [0.2, 0.25) is 0 Å². The van der Waals surface area contributed by atoms with E-state index >= 15 is 0 Å². The quantitative estimate of drug-likeness (QED) is 0.357. The maximum absolute atomic E-state index is 5.46. The first-order valence-electron chi connectivity index (χ1n) is 9.09. The number of fused-ring (bicyclic) bond motifs is 1. The van der Waals surface area contributed by atoms with Crippen LogP contribution in [0.4, 0.5) is 0 Å². The Morgan fingerprint density at radius 3 is 2.57 bits per heavy atom. The third kappa shape index (κ3) is 3.58. The zero-order valence-corrected chi connectivity index (χ0v) is 15.9. The second kappa shape index (κ2) is 7.92. The van der Waals surface area contributed by atoms with E-state index < -0.39 is 0 Å². The SMILES string of the molecule is C/N=C\c1ccc(/C=C/c2cccc(-n3cnc4ccccc43)c2)cc1OC. The molecule has 0 atom stereocenters. The van der Waals surface area contributed by atoms with Crippen molar-refractivity contribution in [3.63, 3.8) is 0 Å². The van der Waals surface area contributed by atoms with Gasteiger partial charge in [0.1, 0.15) is 12.1 Å². The molecule has 0 aliphatic heterocycles. The monoisotopic (exact) mass is 367 g/mol. The van der Waals surface area contributed by atoms with Gasteiger partial charge in [-0.15, -0.1) is 0 Å². The molecule has 0 amide bonds. The first-order chi connectivity index (χ1) is 13.8. The van der Waals surface area contributed by atoms with Crippen molar-refractivity contribution in [2.75, 3.05) is 14.2 Å². The molecule has 3 aromatic carbocycles. The van der Waals surface area contributed by atoms with Crippen molar-refractivity contribution in [3.8, 4) is 11.4 Å². The zero-order chi connectivity index (χ0) is 19.3. The van der Waals surface area contributed by atoms with Crippen LogP contribution in [-0.2, 0) is 0 Å². The molecule has 0 radical (unpaired) electrons. The molecular formula is C24H21N3O. The van der Waals surface area contributed by atoms with Gasteiger partial charge >= 0.3 is 0 Å².